The summed E-state index contributed by atoms with van der Waals surface area (Å²) in [5.74, 6) is 0. The molecule has 1 fully saturated rings. The molecule has 1 saturated heterocycles. The maximum atomic E-state index is 5.74. The normalized spacial score (nSPS) is 18.2. The predicted molar refractivity (Wildman–Crippen MR) is 131 cm³/mol. The molecule has 1 atom stereocenters. The molecular formula is C24H54N4O3. The standard InChI is InChI=1S/C24H52N4O3.H2/c1-23(2,3)10-7-8-12-25-13-17-31-20-19-29-15-9-22-21-28(27-26-22)14-18-30-16-11-24(4,5)6;/h22,25-27H,7-21H2,1-6H3;1H. The molecule has 1 aliphatic rings. The van der Waals surface area contributed by atoms with Crippen LogP contribution >= 0.6 is 0 Å². The number of hydrogen-bond acceptors (Lipinski definition) is 7. The number of nitrogens with zero attached hydrogens (tertiary/aromatic N) is 1. The summed E-state index contributed by atoms with van der Waals surface area (Å²) in [7, 11) is 0. The van der Waals surface area contributed by atoms with Gasteiger partial charge < -0.3 is 19.5 Å². The van der Waals surface area contributed by atoms with Crippen molar-refractivity contribution in [2.45, 2.75) is 79.7 Å². The number of hydrazine groups is 2. The molecule has 0 saturated carbocycles. The highest BCUT2D eigenvalue weighted by molar-refractivity contribution is 4.73. The summed E-state index contributed by atoms with van der Waals surface area (Å²) in [5, 5.41) is 5.63. The quantitative estimate of drug-likeness (QED) is 0.278. The third-order valence-electron chi connectivity index (χ3n) is 5.31. The summed E-state index contributed by atoms with van der Waals surface area (Å²) in [4.78, 5) is 0. The fraction of sp³-hybridized carbons (Fsp3) is 1.00. The van der Waals surface area contributed by atoms with Crippen LogP contribution in [0.4, 0.5) is 0 Å². The number of unbranched alkanes of at least 4 members (excludes halogenated alkanes) is 1. The lowest BCUT2D eigenvalue weighted by Crippen LogP contribution is -2.38. The molecule has 0 spiro atoms. The minimum absolute atomic E-state index is 0. The van der Waals surface area contributed by atoms with E-state index in [1.807, 2.05) is 0 Å². The lowest BCUT2D eigenvalue weighted by molar-refractivity contribution is 0.0458. The second kappa shape index (κ2) is 16.4. The molecule has 0 radical (unpaired) electrons. The second-order valence-electron chi connectivity index (χ2n) is 11.1. The van der Waals surface area contributed by atoms with E-state index < -0.39 is 0 Å². The zero-order valence-electron chi connectivity index (χ0n) is 21.4. The van der Waals surface area contributed by atoms with Gasteiger partial charge in [-0.1, -0.05) is 48.0 Å². The van der Waals surface area contributed by atoms with Gasteiger partial charge in [-0.05, 0) is 43.1 Å². The third-order valence-corrected chi connectivity index (χ3v) is 5.31. The van der Waals surface area contributed by atoms with Crippen molar-refractivity contribution in [3.8, 4) is 0 Å². The Bertz CT molecular complexity index is 430. The average Bonchev–Trinajstić information content (AvgIpc) is 3.11. The Morgan fingerprint density at radius 2 is 1.48 bits per heavy atom. The van der Waals surface area contributed by atoms with Crippen molar-refractivity contribution in [2.75, 3.05) is 65.8 Å². The van der Waals surface area contributed by atoms with E-state index in [0.717, 1.165) is 65.4 Å². The Morgan fingerprint density at radius 3 is 2.19 bits per heavy atom. The van der Waals surface area contributed by atoms with Crippen molar-refractivity contribution in [3.05, 3.63) is 0 Å². The van der Waals surface area contributed by atoms with Crippen LogP contribution in [0.15, 0.2) is 0 Å². The summed E-state index contributed by atoms with van der Waals surface area (Å²) in [5.41, 5.74) is 7.34. The summed E-state index contributed by atoms with van der Waals surface area (Å²) in [6.07, 6.45) is 5.91. The van der Waals surface area contributed by atoms with Crippen molar-refractivity contribution < 1.29 is 15.6 Å². The van der Waals surface area contributed by atoms with Crippen molar-refractivity contribution in [3.63, 3.8) is 0 Å². The van der Waals surface area contributed by atoms with Crippen LogP contribution in [-0.2, 0) is 14.2 Å². The smallest absolute Gasteiger partial charge is 0.0701 e. The Morgan fingerprint density at radius 1 is 0.806 bits per heavy atom. The first-order valence-corrected chi connectivity index (χ1v) is 12.4. The van der Waals surface area contributed by atoms with Gasteiger partial charge in [0.1, 0.15) is 0 Å². The highest BCUT2D eigenvalue weighted by Crippen LogP contribution is 2.21. The summed E-state index contributed by atoms with van der Waals surface area (Å²) >= 11 is 0. The van der Waals surface area contributed by atoms with Gasteiger partial charge in [-0.2, -0.15) is 5.53 Å². The number of nitrogens with one attached hydrogen (secondary N) is 3. The molecular weight excluding hydrogens is 392 g/mol. The average molecular weight is 447 g/mol. The molecule has 0 aromatic heterocycles. The first kappa shape index (κ1) is 28.8. The Balaban J connectivity index is 0.00000961. The Labute approximate surface area is 193 Å². The lowest BCUT2D eigenvalue weighted by Gasteiger charge is -2.19. The van der Waals surface area contributed by atoms with E-state index in [0.29, 0.717) is 30.1 Å². The molecule has 1 heterocycles. The van der Waals surface area contributed by atoms with E-state index in [1.54, 1.807) is 0 Å². The van der Waals surface area contributed by atoms with Gasteiger partial charge in [-0.25, -0.2) is 10.4 Å². The zero-order valence-corrected chi connectivity index (χ0v) is 21.4. The molecule has 0 amide bonds. The van der Waals surface area contributed by atoms with Crippen LogP contribution in [0.3, 0.4) is 0 Å². The summed E-state index contributed by atoms with van der Waals surface area (Å²) < 4.78 is 17.1. The van der Waals surface area contributed by atoms with Gasteiger partial charge in [0.05, 0.1) is 26.4 Å². The monoisotopic (exact) mass is 446 g/mol. The van der Waals surface area contributed by atoms with Crippen LogP contribution < -0.4 is 16.3 Å². The van der Waals surface area contributed by atoms with Crippen LogP contribution in [0.5, 0.6) is 0 Å². The third kappa shape index (κ3) is 18.9. The van der Waals surface area contributed by atoms with E-state index in [2.05, 4.69) is 62.8 Å². The summed E-state index contributed by atoms with van der Waals surface area (Å²) in [6, 6.07) is 0.415. The zero-order chi connectivity index (χ0) is 23.0. The first-order chi connectivity index (χ1) is 14.7. The van der Waals surface area contributed by atoms with Gasteiger partial charge in [0.15, 0.2) is 0 Å². The first-order valence-electron chi connectivity index (χ1n) is 12.4. The van der Waals surface area contributed by atoms with Gasteiger partial charge >= 0.3 is 0 Å². The molecule has 3 N–H and O–H groups in total. The molecule has 188 valence electrons. The topological polar surface area (TPSA) is 67.0 Å². The molecule has 1 aliphatic heterocycles. The second-order valence-corrected chi connectivity index (χ2v) is 11.1. The molecule has 31 heavy (non-hydrogen) atoms. The summed E-state index contributed by atoms with van der Waals surface area (Å²) in [6.45, 7) is 22.0. The molecule has 0 aliphatic carbocycles. The van der Waals surface area contributed by atoms with Crippen LogP contribution in [0.1, 0.15) is 75.1 Å². The molecule has 7 nitrogen and oxygen atoms in total. The van der Waals surface area contributed by atoms with E-state index in [9.17, 15) is 0 Å². The Kier molecular flexibility index (Phi) is 15.2. The molecule has 7 heteroatoms. The molecule has 1 rings (SSSR count). The predicted octanol–water partition coefficient (Wildman–Crippen LogP) is 3.61. The number of ether oxygens (including phenoxy) is 3. The maximum Gasteiger partial charge on any atom is 0.0701 e. The van der Waals surface area contributed by atoms with Gasteiger partial charge in [0.25, 0.3) is 0 Å². The van der Waals surface area contributed by atoms with E-state index in [4.69, 9.17) is 14.2 Å². The molecule has 0 bridgehead atoms. The van der Waals surface area contributed by atoms with Crippen LogP contribution in [0.25, 0.3) is 0 Å². The SMILES string of the molecule is CC(C)(C)CCCCNCCOCCOCCC1CN(CCOCCC(C)(C)C)NN1.[HH]. The number of hydrogen-bond donors (Lipinski definition) is 3. The minimum Gasteiger partial charge on any atom is -0.380 e. The molecule has 0 aromatic carbocycles. The van der Waals surface area contributed by atoms with Gasteiger partial charge in [0, 0.05) is 40.3 Å². The van der Waals surface area contributed by atoms with Crippen LogP contribution in [0, 0.1) is 10.8 Å². The van der Waals surface area contributed by atoms with Gasteiger partial charge in [-0.3, -0.25) is 0 Å². The van der Waals surface area contributed by atoms with Crippen molar-refractivity contribution in [1.29, 1.82) is 0 Å². The minimum atomic E-state index is 0. The van der Waals surface area contributed by atoms with E-state index in [1.165, 1.54) is 19.3 Å². The van der Waals surface area contributed by atoms with Crippen molar-refractivity contribution in [2.24, 2.45) is 10.8 Å². The van der Waals surface area contributed by atoms with Crippen LogP contribution in [0.2, 0.25) is 0 Å². The molecule has 0 aromatic rings. The van der Waals surface area contributed by atoms with E-state index in [-0.39, 0.29) is 1.43 Å². The fourth-order valence-electron chi connectivity index (χ4n) is 3.23. The van der Waals surface area contributed by atoms with Crippen molar-refractivity contribution in [1.82, 2.24) is 21.3 Å². The maximum absolute atomic E-state index is 5.74. The number of rotatable bonds is 18. The van der Waals surface area contributed by atoms with Crippen LogP contribution in [-0.4, -0.2) is 76.9 Å². The van der Waals surface area contributed by atoms with Gasteiger partial charge in [-0.15, -0.1) is 0 Å². The molecule has 1 unspecified atom stereocenters. The van der Waals surface area contributed by atoms with Gasteiger partial charge in [0.2, 0.25) is 0 Å². The highest BCUT2D eigenvalue weighted by atomic mass is 16.5. The van der Waals surface area contributed by atoms with Crippen molar-refractivity contribution >= 4 is 0 Å². The largest absolute Gasteiger partial charge is 0.380 e. The Hall–Kier alpha value is -0.280. The fourth-order valence-corrected chi connectivity index (χ4v) is 3.23. The highest BCUT2D eigenvalue weighted by Gasteiger charge is 2.20. The van der Waals surface area contributed by atoms with E-state index >= 15 is 0 Å². The lowest BCUT2D eigenvalue weighted by atomic mass is 9.90.